The number of hydrogen-bond acceptors (Lipinski definition) is 4. The number of carbonyl (C=O) groups excluding carboxylic acids is 1. The maximum Gasteiger partial charge on any atom is 0.255 e. The van der Waals surface area contributed by atoms with Gasteiger partial charge in [-0.05, 0) is 42.8 Å². The first kappa shape index (κ1) is 17.5. The number of ether oxygens (including phenoxy) is 1. The molecular formula is C21H21N3O2. The highest BCUT2D eigenvalue weighted by Gasteiger charge is 2.09. The number of aromatic nitrogens is 1. The Labute approximate surface area is 153 Å². The van der Waals surface area contributed by atoms with Crippen LogP contribution in [0, 0.1) is 0 Å². The van der Waals surface area contributed by atoms with Crippen LogP contribution in [-0.2, 0) is 0 Å². The monoisotopic (exact) mass is 347 g/mol. The molecule has 0 aliphatic carbocycles. The Balaban J connectivity index is 1.63. The van der Waals surface area contributed by atoms with Crippen molar-refractivity contribution >= 4 is 17.4 Å². The Kier molecular flexibility index (Phi) is 5.49. The second kappa shape index (κ2) is 8.16. The molecule has 0 aliphatic heterocycles. The number of benzene rings is 2. The minimum absolute atomic E-state index is 0.140. The topological polar surface area (TPSA) is 63.2 Å². The van der Waals surface area contributed by atoms with Crippen molar-refractivity contribution in [1.82, 2.24) is 4.98 Å². The molecule has 26 heavy (non-hydrogen) atoms. The van der Waals surface area contributed by atoms with Crippen LogP contribution in [0.25, 0.3) is 0 Å². The molecular weight excluding hydrogens is 326 g/mol. The highest BCUT2D eigenvalue weighted by Crippen LogP contribution is 2.19. The molecule has 2 aromatic carbocycles. The average molecular weight is 347 g/mol. The fourth-order valence-corrected chi connectivity index (χ4v) is 2.57. The fourth-order valence-electron chi connectivity index (χ4n) is 2.57. The Morgan fingerprint density at radius 2 is 1.85 bits per heavy atom. The molecule has 1 unspecified atom stereocenters. The van der Waals surface area contributed by atoms with Gasteiger partial charge in [0.2, 0.25) is 0 Å². The first-order chi connectivity index (χ1) is 12.7. The van der Waals surface area contributed by atoms with Crippen LogP contribution in [0.5, 0.6) is 5.75 Å². The lowest BCUT2D eigenvalue weighted by Gasteiger charge is -2.15. The van der Waals surface area contributed by atoms with Gasteiger partial charge < -0.3 is 15.4 Å². The van der Waals surface area contributed by atoms with E-state index in [4.69, 9.17) is 4.74 Å². The van der Waals surface area contributed by atoms with Gasteiger partial charge in [0.1, 0.15) is 11.6 Å². The number of amides is 1. The van der Waals surface area contributed by atoms with Crippen LogP contribution in [0.2, 0.25) is 0 Å². The van der Waals surface area contributed by atoms with E-state index in [0.29, 0.717) is 17.0 Å². The zero-order valence-electron chi connectivity index (χ0n) is 14.8. The van der Waals surface area contributed by atoms with Crippen LogP contribution in [0.1, 0.15) is 28.9 Å². The van der Waals surface area contributed by atoms with Crippen LogP contribution in [0.15, 0.2) is 72.9 Å². The van der Waals surface area contributed by atoms with Gasteiger partial charge in [0, 0.05) is 11.6 Å². The average Bonchev–Trinajstić information content (AvgIpc) is 2.70. The van der Waals surface area contributed by atoms with Gasteiger partial charge in [0.15, 0.2) is 0 Å². The number of pyridine rings is 1. The number of hydrogen-bond donors (Lipinski definition) is 2. The van der Waals surface area contributed by atoms with Crippen molar-refractivity contribution in [3.05, 3.63) is 84.1 Å². The summed E-state index contributed by atoms with van der Waals surface area (Å²) in [6, 6.07) is 21.0. The van der Waals surface area contributed by atoms with Gasteiger partial charge >= 0.3 is 0 Å². The lowest BCUT2D eigenvalue weighted by molar-refractivity contribution is 0.102. The van der Waals surface area contributed by atoms with E-state index in [0.717, 1.165) is 5.82 Å². The number of nitrogens with one attached hydrogen (secondary N) is 2. The molecule has 3 rings (SSSR count). The maximum absolute atomic E-state index is 12.3. The van der Waals surface area contributed by atoms with Crippen molar-refractivity contribution in [1.29, 1.82) is 0 Å². The molecule has 0 fully saturated rings. The molecule has 2 N–H and O–H groups in total. The van der Waals surface area contributed by atoms with E-state index in [1.807, 2.05) is 30.3 Å². The minimum atomic E-state index is -0.205. The SMILES string of the molecule is COc1cccc(C(=O)Nc2ccc(NC(C)c3ccccc3)nc2)c1. The number of methoxy groups -OCH3 is 1. The van der Waals surface area contributed by atoms with E-state index in [9.17, 15) is 4.79 Å². The predicted molar refractivity (Wildman–Crippen MR) is 104 cm³/mol. The van der Waals surface area contributed by atoms with E-state index in [1.54, 1.807) is 37.6 Å². The fraction of sp³-hybridized carbons (Fsp3) is 0.143. The number of anilines is 2. The summed E-state index contributed by atoms with van der Waals surface area (Å²) in [5.74, 6) is 1.19. The Bertz CT molecular complexity index is 864. The molecule has 0 bridgehead atoms. The third kappa shape index (κ3) is 4.39. The second-order valence-electron chi connectivity index (χ2n) is 5.89. The van der Waals surface area contributed by atoms with E-state index >= 15 is 0 Å². The molecule has 3 aromatic rings. The normalized spacial score (nSPS) is 11.5. The summed E-state index contributed by atoms with van der Waals surface area (Å²) in [6.45, 7) is 2.08. The molecule has 0 radical (unpaired) electrons. The van der Waals surface area contributed by atoms with E-state index in [1.165, 1.54) is 5.56 Å². The van der Waals surface area contributed by atoms with Crippen molar-refractivity contribution in [3.8, 4) is 5.75 Å². The van der Waals surface area contributed by atoms with Gasteiger partial charge in [-0.25, -0.2) is 4.98 Å². The second-order valence-corrected chi connectivity index (χ2v) is 5.89. The molecule has 0 saturated heterocycles. The third-order valence-corrected chi connectivity index (χ3v) is 4.02. The molecule has 132 valence electrons. The van der Waals surface area contributed by atoms with Gasteiger partial charge in [-0.15, -0.1) is 0 Å². The standard InChI is InChI=1S/C21H21N3O2/c1-15(16-7-4-3-5-8-16)23-20-12-11-18(14-22-20)24-21(25)17-9-6-10-19(13-17)26-2/h3-15H,1-2H3,(H,22,23)(H,24,25). The summed E-state index contributed by atoms with van der Waals surface area (Å²) < 4.78 is 5.14. The Morgan fingerprint density at radius 1 is 1.04 bits per heavy atom. The summed E-state index contributed by atoms with van der Waals surface area (Å²) in [7, 11) is 1.57. The van der Waals surface area contributed by atoms with Crippen LogP contribution < -0.4 is 15.4 Å². The number of rotatable bonds is 6. The molecule has 0 saturated carbocycles. The van der Waals surface area contributed by atoms with Gasteiger partial charge in [0.05, 0.1) is 19.0 Å². The lowest BCUT2D eigenvalue weighted by atomic mass is 10.1. The largest absolute Gasteiger partial charge is 0.497 e. The van der Waals surface area contributed by atoms with Gasteiger partial charge in [-0.1, -0.05) is 36.4 Å². The first-order valence-electron chi connectivity index (χ1n) is 8.38. The van der Waals surface area contributed by atoms with Crippen LogP contribution >= 0.6 is 0 Å². The van der Waals surface area contributed by atoms with Crippen LogP contribution in [0.4, 0.5) is 11.5 Å². The maximum atomic E-state index is 12.3. The molecule has 1 amide bonds. The van der Waals surface area contributed by atoms with Crippen LogP contribution in [-0.4, -0.2) is 18.0 Å². The van der Waals surface area contributed by atoms with E-state index in [2.05, 4.69) is 34.7 Å². The van der Waals surface area contributed by atoms with Gasteiger partial charge in [0.25, 0.3) is 5.91 Å². The summed E-state index contributed by atoms with van der Waals surface area (Å²) in [6.07, 6.45) is 1.64. The molecule has 5 heteroatoms. The predicted octanol–water partition coefficient (Wildman–Crippen LogP) is 4.52. The summed E-state index contributed by atoms with van der Waals surface area (Å²) >= 11 is 0. The van der Waals surface area contributed by atoms with Gasteiger partial charge in [-0.3, -0.25) is 4.79 Å². The summed E-state index contributed by atoms with van der Waals surface area (Å²) in [4.78, 5) is 16.7. The molecule has 1 aromatic heterocycles. The highest BCUT2D eigenvalue weighted by atomic mass is 16.5. The van der Waals surface area contributed by atoms with Crippen molar-refractivity contribution in [2.24, 2.45) is 0 Å². The van der Waals surface area contributed by atoms with Crippen LogP contribution in [0.3, 0.4) is 0 Å². The van der Waals surface area contributed by atoms with Crippen molar-refractivity contribution in [2.75, 3.05) is 17.7 Å². The van der Waals surface area contributed by atoms with Crippen molar-refractivity contribution in [2.45, 2.75) is 13.0 Å². The minimum Gasteiger partial charge on any atom is -0.497 e. The smallest absolute Gasteiger partial charge is 0.255 e. The lowest BCUT2D eigenvalue weighted by Crippen LogP contribution is -2.12. The third-order valence-electron chi connectivity index (χ3n) is 4.02. The molecule has 5 nitrogen and oxygen atoms in total. The summed E-state index contributed by atoms with van der Waals surface area (Å²) in [5, 5.41) is 6.18. The summed E-state index contributed by atoms with van der Waals surface area (Å²) in [5.41, 5.74) is 2.35. The number of nitrogens with zero attached hydrogens (tertiary/aromatic N) is 1. The Morgan fingerprint density at radius 3 is 2.54 bits per heavy atom. The number of carbonyl (C=O) groups is 1. The molecule has 1 heterocycles. The zero-order chi connectivity index (χ0) is 18.4. The molecule has 1 atom stereocenters. The Hall–Kier alpha value is -3.34. The van der Waals surface area contributed by atoms with Crippen molar-refractivity contribution < 1.29 is 9.53 Å². The first-order valence-corrected chi connectivity index (χ1v) is 8.38. The molecule has 0 spiro atoms. The van der Waals surface area contributed by atoms with E-state index in [-0.39, 0.29) is 11.9 Å². The highest BCUT2D eigenvalue weighted by molar-refractivity contribution is 6.04. The quantitative estimate of drug-likeness (QED) is 0.688. The van der Waals surface area contributed by atoms with E-state index < -0.39 is 0 Å². The van der Waals surface area contributed by atoms with Crippen molar-refractivity contribution in [3.63, 3.8) is 0 Å². The zero-order valence-corrected chi connectivity index (χ0v) is 14.8. The van der Waals surface area contributed by atoms with Gasteiger partial charge in [-0.2, -0.15) is 0 Å². The molecule has 0 aliphatic rings.